The van der Waals surface area contributed by atoms with Crippen LogP contribution >= 0.6 is 0 Å². The smallest absolute Gasteiger partial charge is 0.326 e. The van der Waals surface area contributed by atoms with Gasteiger partial charge in [0.2, 0.25) is 5.91 Å². The third-order valence-electron chi connectivity index (χ3n) is 5.60. The number of carboxylic acid groups (broad SMARTS) is 1. The number of carboxylic acids is 1. The van der Waals surface area contributed by atoms with Crippen molar-refractivity contribution in [3.63, 3.8) is 0 Å². The molecule has 3 atom stereocenters. The summed E-state index contributed by atoms with van der Waals surface area (Å²) in [5.41, 5.74) is 0.477. The van der Waals surface area contributed by atoms with Crippen LogP contribution in [0, 0.1) is 0 Å². The molecule has 6 nitrogen and oxygen atoms in total. The fourth-order valence-corrected chi connectivity index (χ4v) is 4.15. The van der Waals surface area contributed by atoms with Gasteiger partial charge in [-0.25, -0.2) is 4.79 Å². The van der Waals surface area contributed by atoms with Gasteiger partial charge in [0.1, 0.15) is 12.1 Å². The Hall–Kier alpha value is -3.15. The average Bonchev–Trinajstić information content (AvgIpc) is 3.11. The molecule has 2 N–H and O–H groups in total. The predicted molar refractivity (Wildman–Crippen MR) is 105 cm³/mol. The zero-order chi connectivity index (χ0) is 19.7. The average molecular weight is 378 g/mol. The van der Waals surface area contributed by atoms with Crippen LogP contribution < -0.4 is 5.32 Å². The molecule has 144 valence electrons. The Balaban J connectivity index is 1.57. The third-order valence-corrected chi connectivity index (χ3v) is 5.60. The standard InChI is InChI=1S/C22H22N2O4/c25-20(16-10-9-14-5-1-2-6-15(14)13-16)23-18-8-4-3-7-17-11-12-19(22(27)28)24(17)21(18)26/h1-6,9-10,13,17-19H,7-8,11-12H2,(H,23,25)(H,27,28)/b4-3-. The van der Waals surface area contributed by atoms with Crippen molar-refractivity contribution >= 4 is 28.6 Å². The molecule has 28 heavy (non-hydrogen) atoms. The fraction of sp³-hybridized carbons (Fsp3) is 0.318. The third kappa shape index (κ3) is 3.38. The highest BCUT2D eigenvalue weighted by molar-refractivity contribution is 6.01. The number of benzene rings is 2. The number of nitrogens with zero attached hydrogens (tertiary/aromatic N) is 1. The van der Waals surface area contributed by atoms with E-state index in [0.29, 0.717) is 31.2 Å². The second-order valence-corrected chi connectivity index (χ2v) is 7.36. The molecule has 6 heteroatoms. The van der Waals surface area contributed by atoms with Gasteiger partial charge in [-0.1, -0.05) is 42.5 Å². The molecular formula is C22H22N2O4. The maximum absolute atomic E-state index is 13.1. The minimum absolute atomic E-state index is 0.120. The summed E-state index contributed by atoms with van der Waals surface area (Å²) in [6.45, 7) is 0. The minimum Gasteiger partial charge on any atom is -0.480 e. The molecular weight excluding hydrogens is 356 g/mol. The van der Waals surface area contributed by atoms with Gasteiger partial charge in [-0.3, -0.25) is 9.59 Å². The van der Waals surface area contributed by atoms with Crippen molar-refractivity contribution in [2.45, 2.75) is 43.8 Å². The highest BCUT2D eigenvalue weighted by Gasteiger charge is 2.43. The van der Waals surface area contributed by atoms with E-state index in [1.54, 1.807) is 12.1 Å². The van der Waals surface area contributed by atoms with Gasteiger partial charge in [0, 0.05) is 11.6 Å². The van der Waals surface area contributed by atoms with Gasteiger partial charge in [-0.15, -0.1) is 0 Å². The molecule has 0 aliphatic carbocycles. The summed E-state index contributed by atoms with van der Waals surface area (Å²) in [5, 5.41) is 14.3. The maximum atomic E-state index is 13.1. The van der Waals surface area contributed by atoms with Gasteiger partial charge >= 0.3 is 5.97 Å². The Labute approximate surface area is 162 Å². The van der Waals surface area contributed by atoms with Gasteiger partial charge in [0.25, 0.3) is 5.91 Å². The molecule has 2 aromatic carbocycles. The van der Waals surface area contributed by atoms with Crippen molar-refractivity contribution < 1.29 is 19.5 Å². The highest BCUT2D eigenvalue weighted by Crippen LogP contribution is 2.29. The van der Waals surface area contributed by atoms with Gasteiger partial charge < -0.3 is 15.3 Å². The lowest BCUT2D eigenvalue weighted by Gasteiger charge is -2.32. The van der Waals surface area contributed by atoms with Gasteiger partial charge in [0.15, 0.2) is 0 Å². The summed E-state index contributed by atoms with van der Waals surface area (Å²) in [4.78, 5) is 38.9. The summed E-state index contributed by atoms with van der Waals surface area (Å²) in [6, 6.07) is 11.5. The number of hydrogen-bond acceptors (Lipinski definition) is 3. The maximum Gasteiger partial charge on any atom is 0.326 e. The molecule has 0 radical (unpaired) electrons. The number of aliphatic carboxylic acids is 1. The van der Waals surface area contributed by atoms with Crippen molar-refractivity contribution in [1.82, 2.24) is 10.2 Å². The molecule has 2 aromatic rings. The molecule has 1 saturated heterocycles. The monoisotopic (exact) mass is 378 g/mol. The molecule has 1 fully saturated rings. The van der Waals surface area contributed by atoms with Crippen LogP contribution in [-0.4, -0.2) is 45.9 Å². The molecule has 0 spiro atoms. The van der Waals surface area contributed by atoms with Crippen LogP contribution in [0.25, 0.3) is 10.8 Å². The summed E-state index contributed by atoms with van der Waals surface area (Å²) >= 11 is 0. The van der Waals surface area contributed by atoms with E-state index < -0.39 is 18.1 Å². The van der Waals surface area contributed by atoms with E-state index in [2.05, 4.69) is 5.32 Å². The van der Waals surface area contributed by atoms with E-state index >= 15 is 0 Å². The van der Waals surface area contributed by atoms with Gasteiger partial charge in [-0.05, 0) is 48.6 Å². The molecule has 2 heterocycles. The molecule has 2 aliphatic heterocycles. The van der Waals surface area contributed by atoms with Crippen LogP contribution in [0.15, 0.2) is 54.6 Å². The molecule has 0 bridgehead atoms. The Kier molecular flexibility index (Phi) is 4.86. The number of hydrogen-bond donors (Lipinski definition) is 2. The van der Waals surface area contributed by atoms with E-state index in [1.807, 2.05) is 42.5 Å². The number of nitrogens with one attached hydrogen (secondary N) is 1. The lowest BCUT2D eigenvalue weighted by molar-refractivity contribution is -0.150. The summed E-state index contributed by atoms with van der Waals surface area (Å²) in [6.07, 6.45) is 6.00. The number of rotatable bonds is 3. The second-order valence-electron chi connectivity index (χ2n) is 7.36. The van der Waals surface area contributed by atoms with E-state index in [-0.39, 0.29) is 17.9 Å². The van der Waals surface area contributed by atoms with E-state index in [9.17, 15) is 19.5 Å². The molecule has 0 aromatic heterocycles. The fourth-order valence-electron chi connectivity index (χ4n) is 4.15. The molecule has 3 unspecified atom stereocenters. The molecule has 4 rings (SSSR count). The molecule has 2 amide bonds. The summed E-state index contributed by atoms with van der Waals surface area (Å²) < 4.78 is 0. The van der Waals surface area contributed by atoms with E-state index in [0.717, 1.165) is 10.8 Å². The topological polar surface area (TPSA) is 86.7 Å². The molecule has 2 aliphatic rings. The second kappa shape index (κ2) is 7.46. The first-order valence-corrected chi connectivity index (χ1v) is 9.54. The quantitative estimate of drug-likeness (QED) is 0.804. The number of fused-ring (bicyclic) bond motifs is 2. The first kappa shape index (κ1) is 18.2. The lowest BCUT2D eigenvalue weighted by atomic mass is 10.0. The Morgan fingerprint density at radius 2 is 1.75 bits per heavy atom. The van der Waals surface area contributed by atoms with Crippen molar-refractivity contribution in [2.24, 2.45) is 0 Å². The lowest BCUT2D eigenvalue weighted by Crippen LogP contribution is -2.54. The van der Waals surface area contributed by atoms with Crippen LogP contribution in [0.5, 0.6) is 0 Å². The SMILES string of the molecule is O=C(NC1C/C=C\CC2CCC(C(=O)O)N2C1=O)c1ccc2ccccc2c1. The van der Waals surface area contributed by atoms with Gasteiger partial charge in [0.05, 0.1) is 0 Å². The van der Waals surface area contributed by atoms with Crippen molar-refractivity contribution in [3.05, 3.63) is 60.2 Å². The van der Waals surface area contributed by atoms with Crippen molar-refractivity contribution in [3.8, 4) is 0 Å². The predicted octanol–water partition coefficient (Wildman–Crippen LogP) is 2.73. The summed E-state index contributed by atoms with van der Waals surface area (Å²) in [5.74, 6) is -1.63. The normalized spacial score (nSPS) is 25.6. The van der Waals surface area contributed by atoms with Crippen LogP contribution in [0.2, 0.25) is 0 Å². The first-order chi connectivity index (χ1) is 13.5. The van der Waals surface area contributed by atoms with Crippen LogP contribution in [0.4, 0.5) is 0 Å². The van der Waals surface area contributed by atoms with Crippen molar-refractivity contribution in [1.29, 1.82) is 0 Å². The number of carbonyl (C=O) groups is 3. The zero-order valence-corrected chi connectivity index (χ0v) is 15.4. The Morgan fingerprint density at radius 1 is 1.00 bits per heavy atom. The van der Waals surface area contributed by atoms with Crippen LogP contribution in [-0.2, 0) is 9.59 Å². The number of carbonyl (C=O) groups excluding carboxylic acids is 2. The Bertz CT molecular complexity index is 968. The summed E-state index contributed by atoms with van der Waals surface area (Å²) in [7, 11) is 0. The highest BCUT2D eigenvalue weighted by atomic mass is 16.4. The first-order valence-electron chi connectivity index (χ1n) is 9.54. The van der Waals surface area contributed by atoms with E-state index in [4.69, 9.17) is 0 Å². The minimum atomic E-state index is -0.986. The zero-order valence-electron chi connectivity index (χ0n) is 15.4. The largest absolute Gasteiger partial charge is 0.480 e. The van der Waals surface area contributed by atoms with Gasteiger partial charge in [-0.2, -0.15) is 0 Å². The van der Waals surface area contributed by atoms with Crippen LogP contribution in [0.3, 0.4) is 0 Å². The van der Waals surface area contributed by atoms with Crippen LogP contribution in [0.1, 0.15) is 36.0 Å². The van der Waals surface area contributed by atoms with E-state index in [1.165, 1.54) is 4.90 Å². The molecule has 0 saturated carbocycles. The number of amides is 2. The Morgan fingerprint density at radius 3 is 2.54 bits per heavy atom. The van der Waals surface area contributed by atoms with Crippen molar-refractivity contribution in [2.75, 3.05) is 0 Å².